The summed E-state index contributed by atoms with van der Waals surface area (Å²) < 4.78 is 0. The van der Waals surface area contributed by atoms with Gasteiger partial charge in [-0.25, -0.2) is 0 Å². The number of hydrazine groups is 1. The third-order valence-corrected chi connectivity index (χ3v) is 3.34. The lowest BCUT2D eigenvalue weighted by molar-refractivity contribution is -0.129. The Kier molecular flexibility index (Phi) is 6.64. The predicted octanol–water partition coefficient (Wildman–Crippen LogP) is 1.92. The summed E-state index contributed by atoms with van der Waals surface area (Å²) in [4.78, 5) is 35.1. The number of amides is 3. The van der Waals surface area contributed by atoms with Gasteiger partial charge < -0.3 is 5.32 Å². The second-order valence-corrected chi connectivity index (χ2v) is 5.83. The first-order chi connectivity index (χ1) is 10.2. The van der Waals surface area contributed by atoms with Crippen molar-refractivity contribution in [2.24, 2.45) is 5.92 Å². The molecule has 0 aliphatic carbocycles. The fraction of sp³-hybridized carbons (Fsp3) is 0.357. The molecule has 0 saturated heterocycles. The van der Waals surface area contributed by atoms with Crippen LogP contribution in [0.5, 0.6) is 0 Å². The van der Waals surface area contributed by atoms with E-state index in [-0.39, 0.29) is 22.4 Å². The van der Waals surface area contributed by atoms with Crippen molar-refractivity contribution in [1.29, 1.82) is 0 Å². The molecule has 22 heavy (non-hydrogen) atoms. The number of benzene rings is 1. The number of carbonyl (C=O) groups excluding carboxylic acids is 3. The number of halogens is 2. The molecule has 0 saturated carbocycles. The molecular weight excluding hydrogens is 329 g/mol. The van der Waals surface area contributed by atoms with Crippen LogP contribution in [0.1, 0.15) is 31.1 Å². The first-order valence-electron chi connectivity index (χ1n) is 6.54. The second-order valence-electron chi connectivity index (χ2n) is 4.99. The van der Waals surface area contributed by atoms with Crippen LogP contribution in [0.3, 0.4) is 0 Å². The van der Waals surface area contributed by atoms with Crippen molar-refractivity contribution in [3.63, 3.8) is 0 Å². The highest BCUT2D eigenvalue weighted by atomic mass is 35.5. The molecule has 0 aliphatic rings. The highest BCUT2D eigenvalue weighted by molar-refractivity contribution is 6.35. The maximum atomic E-state index is 12.0. The zero-order valence-corrected chi connectivity index (χ0v) is 13.9. The van der Waals surface area contributed by atoms with Gasteiger partial charge in [0.25, 0.3) is 11.8 Å². The Morgan fingerprint density at radius 2 is 1.73 bits per heavy atom. The smallest absolute Gasteiger partial charge is 0.271 e. The summed E-state index contributed by atoms with van der Waals surface area (Å²) in [5, 5.41) is 3.07. The lowest BCUT2D eigenvalue weighted by Crippen LogP contribution is -2.54. The Morgan fingerprint density at radius 3 is 2.27 bits per heavy atom. The van der Waals surface area contributed by atoms with Gasteiger partial charge in [0.1, 0.15) is 6.04 Å². The third-order valence-electron chi connectivity index (χ3n) is 2.78. The van der Waals surface area contributed by atoms with E-state index in [1.165, 1.54) is 19.1 Å². The van der Waals surface area contributed by atoms with Crippen molar-refractivity contribution < 1.29 is 14.4 Å². The summed E-state index contributed by atoms with van der Waals surface area (Å²) in [5.41, 5.74) is 4.64. The van der Waals surface area contributed by atoms with Crippen molar-refractivity contribution in [3.05, 3.63) is 33.8 Å². The van der Waals surface area contributed by atoms with Crippen molar-refractivity contribution in [1.82, 2.24) is 16.2 Å². The van der Waals surface area contributed by atoms with E-state index in [1.54, 1.807) is 19.9 Å². The first kappa shape index (κ1) is 18.3. The monoisotopic (exact) mass is 345 g/mol. The van der Waals surface area contributed by atoms with E-state index >= 15 is 0 Å². The summed E-state index contributed by atoms with van der Waals surface area (Å²) in [6.45, 7) is 4.86. The molecular formula is C14H17Cl2N3O3. The van der Waals surface area contributed by atoms with E-state index in [9.17, 15) is 14.4 Å². The zero-order chi connectivity index (χ0) is 16.9. The van der Waals surface area contributed by atoms with E-state index in [0.717, 1.165) is 0 Å². The fourth-order valence-corrected chi connectivity index (χ4v) is 2.06. The topological polar surface area (TPSA) is 87.3 Å². The highest BCUT2D eigenvalue weighted by Crippen LogP contribution is 2.20. The van der Waals surface area contributed by atoms with Crippen LogP contribution in [-0.4, -0.2) is 23.8 Å². The van der Waals surface area contributed by atoms with Crippen molar-refractivity contribution >= 4 is 40.9 Å². The van der Waals surface area contributed by atoms with Crippen LogP contribution >= 0.6 is 23.2 Å². The Bertz CT molecular complexity index is 591. The molecule has 3 amide bonds. The highest BCUT2D eigenvalue weighted by Gasteiger charge is 2.23. The number of rotatable bonds is 4. The Morgan fingerprint density at radius 1 is 1.09 bits per heavy atom. The van der Waals surface area contributed by atoms with Gasteiger partial charge in [0.15, 0.2) is 0 Å². The summed E-state index contributed by atoms with van der Waals surface area (Å²) >= 11 is 11.7. The van der Waals surface area contributed by atoms with E-state index in [1.807, 2.05) is 0 Å². The lowest BCUT2D eigenvalue weighted by Gasteiger charge is -2.21. The molecule has 0 unspecified atom stereocenters. The van der Waals surface area contributed by atoms with E-state index in [0.29, 0.717) is 5.02 Å². The SMILES string of the molecule is CC(=O)N[C@@H](C(=O)NNC(=O)c1cc(Cl)ccc1Cl)C(C)C. The molecule has 0 fully saturated rings. The number of nitrogens with one attached hydrogen (secondary N) is 3. The van der Waals surface area contributed by atoms with Gasteiger partial charge in [-0.2, -0.15) is 0 Å². The van der Waals surface area contributed by atoms with Gasteiger partial charge in [-0.05, 0) is 24.1 Å². The molecule has 8 heteroatoms. The zero-order valence-electron chi connectivity index (χ0n) is 12.4. The molecule has 0 spiro atoms. The fourth-order valence-electron chi connectivity index (χ4n) is 1.69. The van der Waals surface area contributed by atoms with Gasteiger partial charge >= 0.3 is 0 Å². The van der Waals surface area contributed by atoms with E-state index < -0.39 is 17.9 Å². The second kappa shape index (κ2) is 8.00. The Hall–Kier alpha value is -1.79. The molecule has 6 nitrogen and oxygen atoms in total. The standard InChI is InChI=1S/C14H17Cl2N3O3/c1-7(2)12(17-8(3)20)14(22)19-18-13(21)10-6-9(15)4-5-11(10)16/h4-7,12H,1-3H3,(H,17,20)(H,18,21)(H,19,22)/t12-/m1/s1. The molecule has 0 aliphatic heterocycles. The largest absolute Gasteiger partial charge is 0.344 e. The van der Waals surface area contributed by atoms with Gasteiger partial charge in [-0.1, -0.05) is 37.0 Å². The Labute approximate surface area is 138 Å². The molecule has 1 rings (SSSR count). The molecule has 120 valence electrons. The maximum absolute atomic E-state index is 12.0. The van der Waals surface area contributed by atoms with Gasteiger partial charge in [0.2, 0.25) is 5.91 Å². The molecule has 0 heterocycles. The third kappa shape index (κ3) is 5.20. The normalized spacial score (nSPS) is 11.7. The van der Waals surface area contributed by atoms with Crippen LogP contribution in [0.4, 0.5) is 0 Å². The van der Waals surface area contributed by atoms with Crippen LogP contribution in [0.25, 0.3) is 0 Å². The van der Waals surface area contributed by atoms with E-state index in [4.69, 9.17) is 23.2 Å². The average Bonchev–Trinajstić information content (AvgIpc) is 2.43. The Balaban J connectivity index is 2.71. The number of hydrogen-bond acceptors (Lipinski definition) is 3. The molecule has 1 atom stereocenters. The van der Waals surface area contributed by atoms with E-state index in [2.05, 4.69) is 16.2 Å². The van der Waals surface area contributed by atoms with Crippen LogP contribution in [-0.2, 0) is 9.59 Å². The van der Waals surface area contributed by atoms with Crippen LogP contribution in [0, 0.1) is 5.92 Å². The van der Waals surface area contributed by atoms with Crippen LogP contribution < -0.4 is 16.2 Å². The molecule has 3 N–H and O–H groups in total. The molecule has 1 aromatic rings. The van der Waals surface area contributed by atoms with Crippen molar-refractivity contribution in [2.75, 3.05) is 0 Å². The van der Waals surface area contributed by atoms with Gasteiger partial charge in [0.05, 0.1) is 10.6 Å². The first-order valence-corrected chi connectivity index (χ1v) is 7.30. The molecule has 0 aromatic heterocycles. The van der Waals surface area contributed by atoms with Crippen LogP contribution in [0.15, 0.2) is 18.2 Å². The molecule has 0 radical (unpaired) electrons. The lowest BCUT2D eigenvalue weighted by atomic mass is 10.0. The summed E-state index contributed by atoms with van der Waals surface area (Å²) in [7, 11) is 0. The van der Waals surface area contributed by atoms with Gasteiger partial charge in [-0.15, -0.1) is 0 Å². The summed E-state index contributed by atoms with van der Waals surface area (Å²) in [5.74, 6) is -1.61. The summed E-state index contributed by atoms with van der Waals surface area (Å²) in [6, 6.07) is 3.66. The van der Waals surface area contributed by atoms with Crippen molar-refractivity contribution in [3.8, 4) is 0 Å². The van der Waals surface area contributed by atoms with Gasteiger partial charge in [0, 0.05) is 11.9 Å². The quantitative estimate of drug-likeness (QED) is 0.728. The minimum atomic E-state index is -0.757. The predicted molar refractivity (Wildman–Crippen MR) is 84.5 cm³/mol. The van der Waals surface area contributed by atoms with Crippen LogP contribution in [0.2, 0.25) is 10.0 Å². The molecule has 0 bridgehead atoms. The molecule has 1 aromatic carbocycles. The minimum Gasteiger partial charge on any atom is -0.344 e. The average molecular weight is 346 g/mol. The van der Waals surface area contributed by atoms with Gasteiger partial charge in [-0.3, -0.25) is 25.2 Å². The summed E-state index contributed by atoms with van der Waals surface area (Å²) in [6.07, 6.45) is 0. The maximum Gasteiger partial charge on any atom is 0.271 e. The minimum absolute atomic E-state index is 0.134. The number of hydrogen-bond donors (Lipinski definition) is 3. The van der Waals surface area contributed by atoms with Crippen molar-refractivity contribution in [2.45, 2.75) is 26.8 Å². The number of carbonyl (C=O) groups is 3.